The molecule has 0 saturated heterocycles. The topological polar surface area (TPSA) is 88.5 Å². The molecule has 0 spiro atoms. The van der Waals surface area contributed by atoms with Crippen molar-refractivity contribution in [1.82, 2.24) is 10.3 Å². The Kier molecular flexibility index (Phi) is 6.46. The van der Waals surface area contributed by atoms with E-state index in [1.54, 1.807) is 55.6 Å². The maximum Gasteiger partial charge on any atom is 0.305 e. The van der Waals surface area contributed by atoms with Crippen LogP contribution in [-0.4, -0.2) is 29.1 Å². The molecule has 29 heavy (non-hydrogen) atoms. The van der Waals surface area contributed by atoms with Gasteiger partial charge in [-0.25, -0.2) is 4.98 Å². The Labute approximate surface area is 173 Å². The molecule has 1 atom stereocenters. The van der Waals surface area contributed by atoms with Crippen LogP contribution in [0.1, 0.15) is 28.5 Å². The van der Waals surface area contributed by atoms with Crippen molar-refractivity contribution in [2.75, 3.05) is 7.11 Å². The number of carbonyl (C=O) groups is 2. The fourth-order valence-corrected chi connectivity index (χ4v) is 3.11. The molecule has 0 saturated carbocycles. The number of aromatic nitrogens is 1. The van der Waals surface area contributed by atoms with Crippen molar-refractivity contribution in [3.8, 4) is 17.0 Å². The molecule has 0 unspecified atom stereocenters. The van der Waals surface area contributed by atoms with Gasteiger partial charge in [0, 0.05) is 10.6 Å². The average Bonchev–Trinajstić information content (AvgIpc) is 2.73. The van der Waals surface area contributed by atoms with Crippen LogP contribution in [0.5, 0.6) is 5.75 Å². The highest BCUT2D eigenvalue weighted by Gasteiger charge is 2.20. The average molecular weight is 411 g/mol. The number of pyridine rings is 1. The van der Waals surface area contributed by atoms with Gasteiger partial charge in [-0.2, -0.15) is 0 Å². The van der Waals surface area contributed by atoms with Crippen molar-refractivity contribution in [3.05, 3.63) is 83.0 Å². The normalized spacial score (nSPS) is 11.5. The van der Waals surface area contributed by atoms with Gasteiger partial charge in [0.15, 0.2) is 0 Å². The van der Waals surface area contributed by atoms with Crippen LogP contribution in [-0.2, 0) is 4.79 Å². The SMILES string of the molecule is COc1ccc([C@H](CC(=O)O)NC(=O)c2cccc(-c3ccccc3Cl)n2)cc1. The number of nitrogens with zero attached hydrogens (tertiary/aromatic N) is 1. The summed E-state index contributed by atoms with van der Waals surface area (Å²) in [6, 6.07) is 18.4. The number of carboxylic acids is 1. The minimum atomic E-state index is -1.02. The number of hydrogen-bond acceptors (Lipinski definition) is 4. The van der Waals surface area contributed by atoms with Gasteiger partial charge in [0.05, 0.1) is 25.3 Å². The van der Waals surface area contributed by atoms with E-state index >= 15 is 0 Å². The molecule has 3 rings (SSSR count). The number of hydrogen-bond donors (Lipinski definition) is 2. The second kappa shape index (κ2) is 9.21. The molecule has 1 amide bonds. The predicted molar refractivity (Wildman–Crippen MR) is 110 cm³/mol. The van der Waals surface area contributed by atoms with E-state index in [1.807, 2.05) is 18.2 Å². The summed E-state index contributed by atoms with van der Waals surface area (Å²) in [4.78, 5) is 28.5. The molecule has 1 heterocycles. The van der Waals surface area contributed by atoms with E-state index in [4.69, 9.17) is 16.3 Å². The summed E-state index contributed by atoms with van der Waals surface area (Å²) in [5, 5.41) is 12.5. The third kappa shape index (κ3) is 5.12. The van der Waals surface area contributed by atoms with Crippen LogP contribution in [0, 0.1) is 0 Å². The highest BCUT2D eigenvalue weighted by Crippen LogP contribution is 2.26. The van der Waals surface area contributed by atoms with Crippen LogP contribution in [0.2, 0.25) is 5.02 Å². The zero-order valence-corrected chi connectivity index (χ0v) is 16.4. The van der Waals surface area contributed by atoms with E-state index in [0.717, 1.165) is 0 Å². The Morgan fingerprint density at radius 3 is 2.45 bits per heavy atom. The molecule has 7 heteroatoms. The van der Waals surface area contributed by atoms with Crippen LogP contribution < -0.4 is 10.1 Å². The van der Waals surface area contributed by atoms with E-state index in [2.05, 4.69) is 10.3 Å². The van der Waals surface area contributed by atoms with Gasteiger partial charge in [-0.15, -0.1) is 0 Å². The van der Waals surface area contributed by atoms with Gasteiger partial charge in [-0.1, -0.05) is 48.0 Å². The number of benzene rings is 2. The van der Waals surface area contributed by atoms with Gasteiger partial charge in [0.25, 0.3) is 5.91 Å². The lowest BCUT2D eigenvalue weighted by Gasteiger charge is -2.18. The van der Waals surface area contributed by atoms with Gasteiger partial charge in [0.1, 0.15) is 11.4 Å². The molecular formula is C22H19ClN2O4. The molecule has 3 aromatic rings. The van der Waals surface area contributed by atoms with Gasteiger partial charge in [-0.05, 0) is 35.9 Å². The third-order valence-corrected chi connectivity index (χ3v) is 4.66. The fourth-order valence-electron chi connectivity index (χ4n) is 2.88. The summed E-state index contributed by atoms with van der Waals surface area (Å²) < 4.78 is 5.12. The first-order valence-electron chi connectivity index (χ1n) is 8.86. The Balaban J connectivity index is 1.85. The monoisotopic (exact) mass is 410 g/mol. The van der Waals surface area contributed by atoms with Crippen LogP contribution in [0.4, 0.5) is 0 Å². The van der Waals surface area contributed by atoms with Crippen molar-refractivity contribution in [2.24, 2.45) is 0 Å². The summed E-state index contributed by atoms with van der Waals surface area (Å²) in [5.74, 6) is -0.854. The molecule has 0 bridgehead atoms. The Morgan fingerprint density at radius 1 is 1.07 bits per heavy atom. The van der Waals surface area contributed by atoms with Crippen molar-refractivity contribution in [3.63, 3.8) is 0 Å². The summed E-state index contributed by atoms with van der Waals surface area (Å²) in [6.07, 6.45) is -0.262. The Bertz CT molecular complexity index is 1020. The van der Waals surface area contributed by atoms with Crippen molar-refractivity contribution < 1.29 is 19.4 Å². The van der Waals surface area contributed by atoms with Gasteiger partial charge >= 0.3 is 5.97 Å². The molecule has 0 aliphatic heterocycles. The first kappa shape index (κ1) is 20.4. The predicted octanol–water partition coefficient (Wildman–Crippen LogP) is 4.36. The summed E-state index contributed by atoms with van der Waals surface area (Å²) in [7, 11) is 1.54. The molecule has 0 radical (unpaired) electrons. The second-order valence-electron chi connectivity index (χ2n) is 6.28. The number of methoxy groups -OCH3 is 1. The lowest BCUT2D eigenvalue weighted by molar-refractivity contribution is -0.137. The lowest BCUT2D eigenvalue weighted by Crippen LogP contribution is -2.30. The molecule has 0 aliphatic carbocycles. The van der Waals surface area contributed by atoms with Crippen LogP contribution in [0.15, 0.2) is 66.7 Å². The van der Waals surface area contributed by atoms with Crippen molar-refractivity contribution in [1.29, 1.82) is 0 Å². The number of halogens is 1. The van der Waals surface area contributed by atoms with E-state index in [-0.39, 0.29) is 12.1 Å². The first-order valence-corrected chi connectivity index (χ1v) is 9.24. The standard InChI is InChI=1S/C22H19ClN2O4/c1-29-15-11-9-14(10-12-15)20(13-21(26)27)25-22(28)19-8-4-7-18(24-19)16-5-2-3-6-17(16)23/h2-12,20H,13H2,1H3,(H,25,28)(H,26,27)/t20-/m0/s1. The number of nitrogens with one attached hydrogen (secondary N) is 1. The third-order valence-electron chi connectivity index (χ3n) is 4.33. The van der Waals surface area contributed by atoms with Crippen LogP contribution >= 0.6 is 11.6 Å². The maximum atomic E-state index is 12.8. The number of ether oxygens (including phenoxy) is 1. The van der Waals surface area contributed by atoms with Crippen molar-refractivity contribution >= 4 is 23.5 Å². The number of aliphatic carboxylic acids is 1. The van der Waals surface area contributed by atoms with Gasteiger partial charge in [-0.3, -0.25) is 9.59 Å². The first-order chi connectivity index (χ1) is 14.0. The minimum Gasteiger partial charge on any atom is -0.497 e. The fraction of sp³-hybridized carbons (Fsp3) is 0.136. The van der Waals surface area contributed by atoms with Gasteiger partial charge in [0.2, 0.25) is 0 Å². The molecular weight excluding hydrogens is 392 g/mol. The zero-order valence-electron chi connectivity index (χ0n) is 15.6. The Hall–Kier alpha value is -3.38. The molecule has 1 aromatic heterocycles. The summed E-state index contributed by atoms with van der Waals surface area (Å²) in [6.45, 7) is 0. The van der Waals surface area contributed by atoms with E-state index in [9.17, 15) is 14.7 Å². The summed E-state index contributed by atoms with van der Waals surface area (Å²) in [5.41, 5.74) is 2.10. The highest BCUT2D eigenvalue weighted by molar-refractivity contribution is 6.33. The molecule has 2 N–H and O–H groups in total. The van der Waals surface area contributed by atoms with Crippen LogP contribution in [0.25, 0.3) is 11.3 Å². The number of rotatable bonds is 7. The smallest absolute Gasteiger partial charge is 0.305 e. The van der Waals surface area contributed by atoms with Gasteiger partial charge < -0.3 is 15.2 Å². The second-order valence-corrected chi connectivity index (χ2v) is 6.69. The van der Waals surface area contributed by atoms with Crippen LogP contribution in [0.3, 0.4) is 0 Å². The minimum absolute atomic E-state index is 0.173. The quantitative estimate of drug-likeness (QED) is 0.604. The summed E-state index contributed by atoms with van der Waals surface area (Å²) >= 11 is 6.22. The molecule has 6 nitrogen and oxygen atoms in total. The van der Waals surface area contributed by atoms with Crippen molar-refractivity contribution in [2.45, 2.75) is 12.5 Å². The lowest BCUT2D eigenvalue weighted by atomic mass is 10.0. The molecule has 2 aromatic carbocycles. The molecule has 0 fully saturated rings. The number of amides is 1. The Morgan fingerprint density at radius 2 is 1.79 bits per heavy atom. The molecule has 0 aliphatic rings. The zero-order chi connectivity index (χ0) is 20.8. The molecule has 148 valence electrons. The highest BCUT2D eigenvalue weighted by atomic mass is 35.5. The van der Waals surface area contributed by atoms with E-state index in [0.29, 0.717) is 27.6 Å². The number of carbonyl (C=O) groups excluding carboxylic acids is 1. The largest absolute Gasteiger partial charge is 0.497 e. The maximum absolute atomic E-state index is 12.8. The van der Waals surface area contributed by atoms with E-state index < -0.39 is 17.9 Å². The van der Waals surface area contributed by atoms with E-state index in [1.165, 1.54) is 0 Å². The number of carboxylic acid groups (broad SMARTS) is 1.